The summed E-state index contributed by atoms with van der Waals surface area (Å²) in [5.74, 6) is -1.98. The number of aromatic nitrogens is 2. The highest BCUT2D eigenvalue weighted by molar-refractivity contribution is 7.91. The first-order chi connectivity index (χ1) is 26.0. The number of hydrogen-bond acceptors (Lipinski definition) is 11. The molecule has 4 amide bonds. The van der Waals surface area contributed by atoms with E-state index < -0.39 is 74.3 Å². The molecule has 0 bridgehead atoms. The highest BCUT2D eigenvalue weighted by atomic mass is 32.2. The molecule has 55 heavy (non-hydrogen) atoms. The summed E-state index contributed by atoms with van der Waals surface area (Å²) >= 11 is 0. The van der Waals surface area contributed by atoms with Crippen molar-refractivity contribution in [2.75, 3.05) is 13.2 Å². The monoisotopic (exact) mass is 782 g/mol. The van der Waals surface area contributed by atoms with Crippen LogP contribution in [0.2, 0.25) is 0 Å². The second-order valence-corrected chi connectivity index (χ2v) is 18.3. The Bertz CT molecular complexity index is 1930. The maximum Gasteiger partial charge on any atom is 0.408 e. The maximum atomic E-state index is 14.9. The number of nitrogens with one attached hydrogen (secondary N) is 3. The van der Waals surface area contributed by atoms with Gasteiger partial charge in [0, 0.05) is 12.3 Å². The predicted octanol–water partition coefficient (Wildman–Crippen LogP) is 4.16. The minimum atomic E-state index is -3.91. The van der Waals surface area contributed by atoms with Crippen LogP contribution in [-0.2, 0) is 29.1 Å². The molecular weight excluding hydrogens is 729 g/mol. The molecule has 6 rings (SSSR count). The average molecular weight is 783 g/mol. The fourth-order valence-electron chi connectivity index (χ4n) is 7.69. The number of amides is 4. The van der Waals surface area contributed by atoms with Gasteiger partial charge in [-0.25, -0.2) is 13.2 Å². The minimum absolute atomic E-state index is 0.0196. The summed E-state index contributed by atoms with van der Waals surface area (Å²) in [6.45, 7) is 11.5. The first kappa shape index (κ1) is 40.2. The second-order valence-electron chi connectivity index (χ2n) is 16.4. The molecule has 15 nitrogen and oxygen atoms in total. The molecule has 0 spiro atoms. The summed E-state index contributed by atoms with van der Waals surface area (Å²) < 4.78 is 45.7. The third-order valence-corrected chi connectivity index (χ3v) is 12.6. The van der Waals surface area contributed by atoms with E-state index in [0.717, 1.165) is 6.42 Å². The van der Waals surface area contributed by atoms with Gasteiger partial charge in [-0.3, -0.25) is 19.1 Å². The molecule has 2 aliphatic carbocycles. The molecule has 4 aliphatic rings. The van der Waals surface area contributed by atoms with Gasteiger partial charge in [0.2, 0.25) is 33.6 Å². The summed E-state index contributed by atoms with van der Waals surface area (Å²) in [7, 11) is -3.91. The van der Waals surface area contributed by atoms with Gasteiger partial charge in [-0.1, -0.05) is 44.6 Å². The molecule has 300 valence electrons. The average Bonchev–Trinajstić information content (AvgIpc) is 4.05. The van der Waals surface area contributed by atoms with Crippen molar-refractivity contribution in [3.8, 4) is 11.8 Å². The summed E-state index contributed by atoms with van der Waals surface area (Å²) in [6.07, 6.45) is 6.12. The first-order valence-electron chi connectivity index (χ1n) is 19.4. The van der Waals surface area contributed by atoms with E-state index in [1.54, 1.807) is 20.8 Å². The van der Waals surface area contributed by atoms with E-state index >= 15 is 0 Å². The number of sulfonamides is 1. The summed E-state index contributed by atoms with van der Waals surface area (Å²) in [5, 5.41) is 15.0. The van der Waals surface area contributed by atoms with Crippen molar-refractivity contribution in [1.82, 2.24) is 30.5 Å². The van der Waals surface area contributed by atoms with Gasteiger partial charge in [-0.15, -0.1) is 10.2 Å². The van der Waals surface area contributed by atoms with Crippen molar-refractivity contribution in [2.24, 2.45) is 17.8 Å². The van der Waals surface area contributed by atoms with Gasteiger partial charge in [-0.05, 0) is 90.2 Å². The molecular formula is C39H54N6O9S. The quantitative estimate of drug-likeness (QED) is 0.309. The number of allylic oxidation sites excluding steroid dienone is 1. The van der Waals surface area contributed by atoms with Gasteiger partial charge >= 0.3 is 6.09 Å². The Balaban J connectivity index is 1.36. The summed E-state index contributed by atoms with van der Waals surface area (Å²) in [4.78, 5) is 57.9. The van der Waals surface area contributed by atoms with Gasteiger partial charge in [0.15, 0.2) is 0 Å². The zero-order valence-electron chi connectivity index (χ0n) is 32.5. The molecule has 1 saturated heterocycles. The Morgan fingerprint density at radius 2 is 1.73 bits per heavy atom. The third-order valence-electron chi connectivity index (χ3n) is 10.8. The van der Waals surface area contributed by atoms with Crippen LogP contribution in [0.1, 0.15) is 92.9 Å². The molecule has 3 N–H and O–H groups in total. The molecule has 3 fully saturated rings. The Hall–Kier alpha value is -4.47. The van der Waals surface area contributed by atoms with Crippen LogP contribution in [0.25, 0.3) is 10.8 Å². The van der Waals surface area contributed by atoms with Crippen molar-refractivity contribution >= 4 is 44.6 Å². The largest absolute Gasteiger partial charge is 0.476 e. The maximum absolute atomic E-state index is 14.9. The van der Waals surface area contributed by atoms with Crippen LogP contribution >= 0.6 is 0 Å². The lowest BCUT2D eigenvalue weighted by Gasteiger charge is -2.34. The molecule has 2 saturated carbocycles. The molecule has 3 heterocycles. The smallest absolute Gasteiger partial charge is 0.408 e. The zero-order chi connectivity index (χ0) is 39.7. The topological polar surface area (TPSA) is 195 Å². The Morgan fingerprint density at radius 3 is 2.38 bits per heavy atom. The molecule has 7 atom stereocenters. The highest BCUT2D eigenvalue weighted by Gasteiger charge is 2.62. The normalized spacial score (nSPS) is 29.5. The van der Waals surface area contributed by atoms with Crippen molar-refractivity contribution in [2.45, 2.75) is 127 Å². The predicted molar refractivity (Wildman–Crippen MR) is 203 cm³/mol. The van der Waals surface area contributed by atoms with E-state index in [9.17, 15) is 27.6 Å². The Morgan fingerprint density at radius 1 is 1.04 bits per heavy atom. The summed E-state index contributed by atoms with van der Waals surface area (Å²) in [5.41, 5.74) is -2.35. The van der Waals surface area contributed by atoms with Gasteiger partial charge in [0.05, 0.1) is 29.2 Å². The van der Waals surface area contributed by atoms with Crippen LogP contribution in [0.15, 0.2) is 36.4 Å². The van der Waals surface area contributed by atoms with Gasteiger partial charge in [-0.2, -0.15) is 0 Å². The van der Waals surface area contributed by atoms with Gasteiger partial charge in [0.1, 0.15) is 29.3 Å². The first-order valence-corrected chi connectivity index (χ1v) is 21.0. The van der Waals surface area contributed by atoms with Crippen molar-refractivity contribution in [1.29, 1.82) is 0 Å². The van der Waals surface area contributed by atoms with Crippen molar-refractivity contribution in [3.05, 3.63) is 36.4 Å². The lowest BCUT2D eigenvalue weighted by Crippen LogP contribution is -2.59. The van der Waals surface area contributed by atoms with Crippen LogP contribution in [0, 0.1) is 17.8 Å². The van der Waals surface area contributed by atoms with Crippen LogP contribution in [-0.4, -0.2) is 95.1 Å². The van der Waals surface area contributed by atoms with E-state index in [-0.39, 0.29) is 37.1 Å². The number of rotatable bonds is 9. The molecule has 0 radical (unpaired) electrons. The standard InChI is InChI=1S/C39H54N6O9S/c1-7-24-19-23(3)13-9-10-14-25-21-39(25,36(48)44-55(50,51)27-17-18-27)41-32(46)30-20-26(22-45(30)35(47)31(24)40-37(49)54-38(4,5)6)53-34-29-16-12-11-15-28(29)33(42-43-34)52-8-2/h10-12,14-16,23-27,30-31H,7-9,13,17-22H2,1-6H3,(H,40,49)(H,41,46)(H,44,48)/b14-10-/t23-,24+,25+,26+,30-,31-,39+/m0/s1. The van der Waals surface area contributed by atoms with Gasteiger partial charge < -0.3 is 29.7 Å². The fourth-order valence-corrected chi connectivity index (χ4v) is 9.06. The fraction of sp³-hybridized carbons (Fsp3) is 0.641. The van der Waals surface area contributed by atoms with E-state index in [1.807, 2.05) is 50.3 Å². The molecule has 2 aliphatic heterocycles. The second kappa shape index (κ2) is 15.9. The molecule has 1 aromatic carbocycles. The van der Waals surface area contributed by atoms with E-state index in [4.69, 9.17) is 14.2 Å². The van der Waals surface area contributed by atoms with Crippen molar-refractivity contribution < 1.29 is 41.8 Å². The molecule has 0 unspecified atom stereocenters. The number of hydrogen-bond donors (Lipinski definition) is 3. The molecule has 1 aromatic heterocycles. The lowest BCUT2D eigenvalue weighted by molar-refractivity contribution is -0.142. The Labute approximate surface area is 322 Å². The SMILES string of the molecule is CCOc1nnc(O[C@@H]2C[C@H]3C(=O)N[C@]4(C(=O)NS(=O)(=O)C5CC5)C[C@H]4/C=C\CC[C@H](C)C[C@@H](CC)[C@H](NC(=O)OC(C)(C)C)C(=O)N3C2)c2ccccc12. The van der Waals surface area contributed by atoms with Gasteiger partial charge in [0.25, 0.3) is 5.91 Å². The van der Waals surface area contributed by atoms with E-state index in [0.29, 0.717) is 55.4 Å². The van der Waals surface area contributed by atoms with Crippen LogP contribution in [0.4, 0.5) is 4.79 Å². The van der Waals surface area contributed by atoms with Crippen molar-refractivity contribution in [3.63, 3.8) is 0 Å². The highest BCUT2D eigenvalue weighted by Crippen LogP contribution is 2.46. The number of fused-ring (bicyclic) bond motifs is 3. The summed E-state index contributed by atoms with van der Waals surface area (Å²) in [6, 6.07) is 5.15. The Kier molecular flexibility index (Phi) is 11.7. The number of carbonyl (C=O) groups is 4. The number of alkyl carbamates (subject to hydrolysis) is 1. The van der Waals surface area contributed by atoms with E-state index in [1.165, 1.54) is 4.90 Å². The lowest BCUT2D eigenvalue weighted by atomic mass is 9.85. The van der Waals surface area contributed by atoms with Crippen LogP contribution in [0.3, 0.4) is 0 Å². The minimum Gasteiger partial charge on any atom is -0.476 e. The number of nitrogens with zero attached hydrogens (tertiary/aromatic N) is 3. The molecule has 2 aromatic rings. The molecule has 16 heteroatoms. The van der Waals surface area contributed by atoms with Crippen LogP contribution < -0.4 is 24.8 Å². The third kappa shape index (κ3) is 9.16. The number of ether oxygens (including phenoxy) is 3. The number of benzene rings is 1. The zero-order valence-corrected chi connectivity index (χ0v) is 33.3. The van der Waals surface area contributed by atoms with E-state index in [2.05, 4.69) is 32.5 Å². The number of carbonyl (C=O) groups excluding carboxylic acids is 4. The van der Waals surface area contributed by atoms with Crippen LogP contribution in [0.5, 0.6) is 11.8 Å².